The van der Waals surface area contributed by atoms with Gasteiger partial charge in [-0.15, -0.1) is 0 Å². The van der Waals surface area contributed by atoms with Gasteiger partial charge in [-0.25, -0.2) is 9.80 Å². The maximum absolute atomic E-state index is 13.7. The lowest BCUT2D eigenvalue weighted by molar-refractivity contribution is -0.169. The normalized spacial score (nSPS) is 36.3. The Hall–Kier alpha value is -2.28. The molecule has 4 N–H and O–H groups in total. The highest BCUT2D eigenvalue weighted by Gasteiger charge is 2.65. The lowest BCUT2D eigenvalue weighted by Gasteiger charge is -2.46. The third kappa shape index (κ3) is 3.69. The molecule has 5 rings (SSSR count). The van der Waals surface area contributed by atoms with E-state index in [1.165, 1.54) is 9.91 Å². The van der Waals surface area contributed by atoms with E-state index in [4.69, 9.17) is 14.7 Å². The number of aliphatic hydroxyl groups is 4. The predicted octanol–water partition coefficient (Wildman–Crippen LogP) is -0.376. The fraction of sp³-hybridized carbons (Fsp3) is 0.636. The van der Waals surface area contributed by atoms with Gasteiger partial charge in [0.05, 0.1) is 24.4 Å². The van der Waals surface area contributed by atoms with Crippen molar-refractivity contribution < 1.29 is 34.8 Å². The topological polar surface area (TPSA) is 142 Å². The van der Waals surface area contributed by atoms with Gasteiger partial charge in [-0.3, -0.25) is 4.90 Å². The van der Waals surface area contributed by atoms with Gasteiger partial charge in [0, 0.05) is 12.5 Å². The van der Waals surface area contributed by atoms with Gasteiger partial charge in [-0.05, 0) is 18.4 Å². The van der Waals surface area contributed by atoms with E-state index < -0.39 is 43.4 Å². The fourth-order valence-electron chi connectivity index (χ4n) is 5.38. The molecule has 11 nitrogen and oxygen atoms in total. The van der Waals surface area contributed by atoms with E-state index in [0.29, 0.717) is 25.1 Å². The van der Waals surface area contributed by atoms with Crippen molar-refractivity contribution in [1.29, 1.82) is 0 Å². The minimum absolute atomic E-state index is 0.173. The number of hydrogen-bond acceptors (Lipinski definition) is 9. The van der Waals surface area contributed by atoms with Crippen molar-refractivity contribution in [2.45, 2.75) is 62.6 Å². The molecule has 8 atom stereocenters. The van der Waals surface area contributed by atoms with Crippen LogP contribution in [0.5, 0.6) is 0 Å². The zero-order valence-corrected chi connectivity index (χ0v) is 18.3. The third-order valence-electron chi connectivity index (χ3n) is 7.01. The standard InChI is InChI=1S/C22H30N4O7/c1-2-15(12-6-4-3-5-7-12)25-21(30)24-9-8-14-16(23-32-11-13(28)10-27)19-20(33-19)18(29)17(14)26(24)22(25)31/h3-7,13-15,17-21,27-30H,2,8-11H2,1H3/b23-16-/t13-,14+,15-,17+,18-,19+,20-,21?/m0/s1. The maximum atomic E-state index is 13.7. The molecule has 1 aromatic carbocycles. The molecule has 3 saturated heterocycles. The van der Waals surface area contributed by atoms with Crippen LogP contribution in [0.4, 0.5) is 4.79 Å². The van der Waals surface area contributed by atoms with Crippen LogP contribution in [-0.2, 0) is 9.57 Å². The highest BCUT2D eigenvalue weighted by atomic mass is 16.6. The van der Waals surface area contributed by atoms with E-state index in [9.17, 15) is 20.1 Å². The highest BCUT2D eigenvalue weighted by molar-refractivity contribution is 5.95. The van der Waals surface area contributed by atoms with E-state index >= 15 is 0 Å². The van der Waals surface area contributed by atoms with Crippen LogP contribution in [0.25, 0.3) is 0 Å². The van der Waals surface area contributed by atoms with E-state index in [1.54, 1.807) is 5.01 Å². The zero-order chi connectivity index (χ0) is 23.3. The first-order valence-electron chi connectivity index (χ1n) is 11.4. The quantitative estimate of drug-likeness (QED) is 0.318. The molecule has 0 bridgehead atoms. The minimum Gasteiger partial charge on any atom is -0.394 e. The number of benzene rings is 1. The molecule has 4 fully saturated rings. The Labute approximate surface area is 191 Å². The SMILES string of the molecule is CC[C@@H](c1ccccc1)N1C(=O)N2[C@H]3[C@H](O)[C@@H]4O[C@@H]4/C(=N\OC[C@@H](O)CO)[C@H]3CCN2C1O. The lowest BCUT2D eigenvalue weighted by Crippen LogP contribution is -2.65. The number of ether oxygens (including phenoxy) is 1. The minimum atomic E-state index is -1.15. The number of amides is 2. The molecule has 3 heterocycles. The molecule has 1 aliphatic carbocycles. The number of carbonyl (C=O) groups excluding carboxylic acids is 1. The van der Waals surface area contributed by atoms with Gasteiger partial charge in [0.15, 0.2) is 0 Å². The largest absolute Gasteiger partial charge is 0.394 e. The number of hydrogen-bond donors (Lipinski definition) is 4. The lowest BCUT2D eigenvalue weighted by atomic mass is 9.77. The van der Waals surface area contributed by atoms with Crippen molar-refractivity contribution >= 4 is 11.7 Å². The van der Waals surface area contributed by atoms with Gasteiger partial charge >= 0.3 is 6.03 Å². The van der Waals surface area contributed by atoms with E-state index in [-0.39, 0.29) is 24.6 Å². The third-order valence-corrected chi connectivity index (χ3v) is 7.01. The molecule has 2 amide bonds. The van der Waals surface area contributed by atoms with Gasteiger partial charge in [-0.1, -0.05) is 42.4 Å². The summed E-state index contributed by atoms with van der Waals surface area (Å²) in [4.78, 5) is 20.4. The number of oxime groups is 1. The molecule has 0 radical (unpaired) electrons. The van der Waals surface area contributed by atoms with Crippen LogP contribution in [0.1, 0.15) is 31.4 Å². The number of urea groups is 1. The number of aliphatic hydroxyl groups excluding tert-OH is 4. The number of rotatable bonds is 7. The van der Waals surface area contributed by atoms with Crippen LogP contribution in [0.3, 0.4) is 0 Å². The molecular weight excluding hydrogens is 432 g/mol. The monoisotopic (exact) mass is 462 g/mol. The molecule has 180 valence electrons. The Morgan fingerprint density at radius 1 is 1.27 bits per heavy atom. The first-order valence-corrected chi connectivity index (χ1v) is 11.4. The summed E-state index contributed by atoms with van der Waals surface area (Å²) < 4.78 is 5.65. The Balaban J connectivity index is 1.42. The van der Waals surface area contributed by atoms with Crippen LogP contribution in [0, 0.1) is 5.92 Å². The molecule has 0 aromatic heterocycles. The summed E-state index contributed by atoms with van der Waals surface area (Å²) in [5.74, 6) is -0.320. The van der Waals surface area contributed by atoms with Crippen LogP contribution < -0.4 is 0 Å². The molecule has 1 unspecified atom stereocenters. The van der Waals surface area contributed by atoms with Gasteiger partial charge in [-0.2, -0.15) is 5.01 Å². The number of epoxide rings is 1. The number of carbonyl (C=O) groups is 1. The fourth-order valence-corrected chi connectivity index (χ4v) is 5.38. The highest BCUT2D eigenvalue weighted by Crippen LogP contribution is 2.47. The van der Waals surface area contributed by atoms with Crippen molar-refractivity contribution in [3.63, 3.8) is 0 Å². The second kappa shape index (κ2) is 8.82. The molecular formula is C22H30N4O7. The smallest absolute Gasteiger partial charge is 0.338 e. The van der Waals surface area contributed by atoms with E-state index in [0.717, 1.165) is 5.56 Å². The summed E-state index contributed by atoms with van der Waals surface area (Å²) in [5.41, 5.74) is 1.51. The number of nitrogens with zero attached hydrogens (tertiary/aromatic N) is 4. The molecule has 1 saturated carbocycles. The van der Waals surface area contributed by atoms with Gasteiger partial charge < -0.3 is 30.0 Å². The number of hydrazine groups is 1. The van der Waals surface area contributed by atoms with Crippen molar-refractivity contribution in [2.24, 2.45) is 11.1 Å². The average Bonchev–Trinajstić information content (AvgIpc) is 3.60. The maximum Gasteiger partial charge on any atom is 0.338 e. The average molecular weight is 463 g/mol. The summed E-state index contributed by atoms with van der Waals surface area (Å²) >= 11 is 0. The number of fused-ring (bicyclic) bond motifs is 4. The van der Waals surface area contributed by atoms with Crippen molar-refractivity contribution in [2.75, 3.05) is 19.8 Å². The van der Waals surface area contributed by atoms with Crippen molar-refractivity contribution in [3.05, 3.63) is 35.9 Å². The van der Waals surface area contributed by atoms with Crippen LogP contribution >= 0.6 is 0 Å². The second-order valence-electron chi connectivity index (χ2n) is 8.92. The van der Waals surface area contributed by atoms with Crippen LogP contribution in [0.15, 0.2) is 35.5 Å². The van der Waals surface area contributed by atoms with Crippen molar-refractivity contribution in [1.82, 2.24) is 14.9 Å². The summed E-state index contributed by atoms with van der Waals surface area (Å²) in [7, 11) is 0. The Kier molecular flexibility index (Phi) is 6.02. The van der Waals surface area contributed by atoms with Gasteiger partial charge in [0.1, 0.15) is 31.0 Å². The van der Waals surface area contributed by atoms with Crippen LogP contribution in [-0.4, -0.2) is 104 Å². The van der Waals surface area contributed by atoms with Gasteiger partial charge in [0.2, 0.25) is 6.35 Å². The molecule has 1 aromatic rings. The summed E-state index contributed by atoms with van der Waals surface area (Å²) in [5, 5.41) is 47.9. The van der Waals surface area contributed by atoms with Crippen molar-refractivity contribution in [3.8, 4) is 0 Å². The first-order chi connectivity index (χ1) is 16.0. The summed E-state index contributed by atoms with van der Waals surface area (Å²) in [6.07, 6.45) is -2.88. The zero-order valence-electron chi connectivity index (χ0n) is 18.3. The molecule has 3 aliphatic heterocycles. The Bertz CT molecular complexity index is 902. The summed E-state index contributed by atoms with van der Waals surface area (Å²) in [6, 6.07) is 8.23. The summed E-state index contributed by atoms with van der Waals surface area (Å²) in [6.45, 7) is 1.74. The molecule has 11 heteroatoms. The Morgan fingerprint density at radius 2 is 2.03 bits per heavy atom. The second-order valence-corrected chi connectivity index (χ2v) is 8.92. The molecule has 0 spiro atoms. The molecule has 33 heavy (non-hydrogen) atoms. The van der Waals surface area contributed by atoms with Gasteiger partial charge in [0.25, 0.3) is 0 Å². The molecule has 4 aliphatic rings. The van der Waals surface area contributed by atoms with Crippen LogP contribution in [0.2, 0.25) is 0 Å². The predicted molar refractivity (Wildman–Crippen MR) is 114 cm³/mol. The first kappa shape index (κ1) is 22.5. The van der Waals surface area contributed by atoms with E-state index in [1.807, 2.05) is 37.3 Å². The van der Waals surface area contributed by atoms with E-state index in [2.05, 4.69) is 5.16 Å². The Morgan fingerprint density at radius 3 is 2.73 bits per heavy atom.